The highest BCUT2D eigenvalue weighted by Gasteiger charge is 2.37. The number of benzene rings is 1. The lowest BCUT2D eigenvalue weighted by Gasteiger charge is -2.14. The fourth-order valence-corrected chi connectivity index (χ4v) is 1.91. The monoisotopic (exact) mass is 363 g/mol. The van der Waals surface area contributed by atoms with Crippen LogP contribution in [-0.2, 0) is 17.1 Å². The lowest BCUT2D eigenvalue weighted by atomic mass is 10.1. The highest BCUT2D eigenvalue weighted by molar-refractivity contribution is 6.01. The van der Waals surface area contributed by atoms with Gasteiger partial charge in [0.05, 0.1) is 11.1 Å². The van der Waals surface area contributed by atoms with E-state index in [0.29, 0.717) is 23.7 Å². The maximum Gasteiger partial charge on any atom is 0.416 e. The molecule has 1 amide bonds. The molecule has 0 radical (unpaired) electrons. The van der Waals surface area contributed by atoms with Gasteiger partial charge in [-0.3, -0.25) is 4.79 Å². The van der Waals surface area contributed by atoms with Gasteiger partial charge in [0.25, 0.3) is 0 Å². The smallest absolute Gasteiger partial charge is 0.416 e. The predicted octanol–water partition coefficient (Wildman–Crippen LogP) is 5.28. The van der Waals surface area contributed by atoms with Gasteiger partial charge in [0.2, 0.25) is 5.91 Å². The minimum Gasteiger partial charge on any atom is -0.462 e. The number of halogens is 6. The van der Waals surface area contributed by atoms with Gasteiger partial charge in [0.1, 0.15) is 11.5 Å². The molecule has 0 aliphatic carbocycles. The third-order valence-corrected chi connectivity index (χ3v) is 3.02. The van der Waals surface area contributed by atoms with Crippen molar-refractivity contribution in [2.24, 2.45) is 0 Å². The Morgan fingerprint density at radius 2 is 1.56 bits per heavy atom. The molecule has 0 bridgehead atoms. The van der Waals surface area contributed by atoms with Crippen LogP contribution in [0.25, 0.3) is 6.08 Å². The Kier molecular flexibility index (Phi) is 4.96. The first kappa shape index (κ1) is 18.6. The Hall–Kier alpha value is -2.71. The Bertz CT molecular complexity index is 769. The van der Waals surface area contributed by atoms with Gasteiger partial charge in [-0.05, 0) is 43.3 Å². The zero-order valence-corrected chi connectivity index (χ0v) is 12.6. The molecular formula is C16H11F6NO2. The van der Waals surface area contributed by atoms with Crippen molar-refractivity contribution in [2.45, 2.75) is 19.3 Å². The number of hydrogen-bond acceptors (Lipinski definition) is 2. The molecule has 3 nitrogen and oxygen atoms in total. The molecule has 0 unspecified atom stereocenters. The normalized spacial score (nSPS) is 12.6. The average molecular weight is 363 g/mol. The zero-order chi connectivity index (χ0) is 18.8. The first-order valence-corrected chi connectivity index (χ1v) is 6.80. The maximum absolute atomic E-state index is 12.7. The fourth-order valence-electron chi connectivity index (χ4n) is 1.91. The number of hydrogen-bond donors (Lipinski definition) is 1. The molecule has 25 heavy (non-hydrogen) atoms. The second-order valence-corrected chi connectivity index (χ2v) is 5.07. The van der Waals surface area contributed by atoms with E-state index in [2.05, 4.69) is 0 Å². The minimum absolute atomic E-state index is 0.0167. The molecule has 0 atom stereocenters. The molecule has 2 aromatic rings. The molecule has 1 heterocycles. The van der Waals surface area contributed by atoms with Crippen molar-refractivity contribution in [3.63, 3.8) is 0 Å². The number of nitrogens with one attached hydrogen (secondary N) is 1. The van der Waals surface area contributed by atoms with Crippen LogP contribution < -0.4 is 5.32 Å². The van der Waals surface area contributed by atoms with Crippen LogP contribution in [0.2, 0.25) is 0 Å². The molecule has 0 aliphatic rings. The molecule has 0 aliphatic heterocycles. The van der Waals surface area contributed by atoms with Gasteiger partial charge in [0, 0.05) is 11.8 Å². The van der Waals surface area contributed by atoms with Crippen molar-refractivity contribution < 1.29 is 35.6 Å². The van der Waals surface area contributed by atoms with Crippen LogP contribution in [0.3, 0.4) is 0 Å². The molecule has 0 saturated carbocycles. The first-order chi connectivity index (χ1) is 11.4. The number of rotatable bonds is 3. The van der Waals surface area contributed by atoms with E-state index < -0.39 is 35.1 Å². The summed E-state index contributed by atoms with van der Waals surface area (Å²) in [6, 6.07) is 4.01. The van der Waals surface area contributed by atoms with E-state index in [1.807, 2.05) is 5.32 Å². The van der Waals surface area contributed by atoms with Gasteiger partial charge in [-0.15, -0.1) is 0 Å². The molecule has 2 rings (SSSR count). The molecule has 0 saturated heterocycles. The number of carbonyl (C=O) groups is 1. The minimum atomic E-state index is -4.98. The van der Waals surface area contributed by atoms with Gasteiger partial charge in [-0.25, -0.2) is 0 Å². The van der Waals surface area contributed by atoms with Gasteiger partial charge in [0.15, 0.2) is 0 Å². The van der Waals surface area contributed by atoms with Crippen molar-refractivity contribution in [1.29, 1.82) is 0 Å². The standard InChI is InChI=1S/C16H11F6NO2/c1-9-2-3-13(25-9)4-5-14(24)23-12-7-10(15(17,18)19)6-11(8-12)16(20,21)22/h2-8H,1H3,(H,23,24)/b5-4+. The van der Waals surface area contributed by atoms with Gasteiger partial charge in [-0.2, -0.15) is 26.3 Å². The summed E-state index contributed by atoms with van der Waals surface area (Å²) in [4.78, 5) is 11.7. The fraction of sp³-hybridized carbons (Fsp3) is 0.188. The maximum atomic E-state index is 12.7. The van der Waals surface area contributed by atoms with Crippen LogP contribution in [0.1, 0.15) is 22.6 Å². The summed E-state index contributed by atoms with van der Waals surface area (Å²) < 4.78 is 81.6. The van der Waals surface area contributed by atoms with E-state index in [4.69, 9.17) is 4.42 Å². The SMILES string of the molecule is Cc1ccc(/C=C/C(=O)Nc2cc(C(F)(F)F)cc(C(F)(F)F)c2)o1. The largest absolute Gasteiger partial charge is 0.462 e. The predicted molar refractivity (Wildman–Crippen MR) is 77.6 cm³/mol. The Labute approximate surface area is 137 Å². The number of anilines is 1. The molecule has 1 aromatic carbocycles. The summed E-state index contributed by atoms with van der Waals surface area (Å²) >= 11 is 0. The summed E-state index contributed by atoms with van der Waals surface area (Å²) in [5.74, 6) is -0.0121. The lowest BCUT2D eigenvalue weighted by Crippen LogP contribution is -2.14. The summed E-state index contributed by atoms with van der Waals surface area (Å²) in [6.45, 7) is 1.67. The molecule has 1 aromatic heterocycles. The molecule has 1 N–H and O–H groups in total. The molecular weight excluding hydrogens is 352 g/mol. The van der Waals surface area contributed by atoms with E-state index in [1.54, 1.807) is 19.1 Å². The van der Waals surface area contributed by atoms with Gasteiger partial charge >= 0.3 is 12.4 Å². The quantitative estimate of drug-likeness (QED) is 0.596. The zero-order valence-electron chi connectivity index (χ0n) is 12.6. The Balaban J connectivity index is 2.25. The van der Waals surface area contributed by atoms with E-state index in [-0.39, 0.29) is 6.07 Å². The highest BCUT2D eigenvalue weighted by Crippen LogP contribution is 2.37. The van der Waals surface area contributed by atoms with Crippen molar-refractivity contribution in [2.75, 3.05) is 5.32 Å². The van der Waals surface area contributed by atoms with Crippen LogP contribution in [0.4, 0.5) is 32.0 Å². The average Bonchev–Trinajstić information content (AvgIpc) is 2.89. The van der Waals surface area contributed by atoms with Crippen molar-refractivity contribution in [3.8, 4) is 0 Å². The third-order valence-electron chi connectivity index (χ3n) is 3.02. The van der Waals surface area contributed by atoms with E-state index in [0.717, 1.165) is 6.08 Å². The van der Waals surface area contributed by atoms with Crippen LogP contribution in [0.5, 0.6) is 0 Å². The van der Waals surface area contributed by atoms with Crippen LogP contribution in [-0.4, -0.2) is 5.91 Å². The molecule has 0 fully saturated rings. The van der Waals surface area contributed by atoms with Crippen molar-refractivity contribution in [1.82, 2.24) is 0 Å². The molecule has 134 valence electrons. The Morgan fingerprint density at radius 1 is 1.00 bits per heavy atom. The van der Waals surface area contributed by atoms with Crippen LogP contribution >= 0.6 is 0 Å². The number of carbonyl (C=O) groups excluding carboxylic acids is 1. The highest BCUT2D eigenvalue weighted by atomic mass is 19.4. The van der Waals surface area contributed by atoms with Crippen LogP contribution in [0.15, 0.2) is 40.8 Å². The Morgan fingerprint density at radius 3 is 2.00 bits per heavy atom. The topological polar surface area (TPSA) is 42.2 Å². The summed E-state index contributed by atoms with van der Waals surface area (Å²) in [6.07, 6.45) is -7.79. The first-order valence-electron chi connectivity index (χ1n) is 6.80. The second kappa shape index (κ2) is 6.66. The summed E-state index contributed by atoms with van der Waals surface area (Å²) in [5, 5.41) is 1.98. The van der Waals surface area contributed by atoms with E-state index in [9.17, 15) is 31.1 Å². The van der Waals surface area contributed by atoms with E-state index >= 15 is 0 Å². The summed E-state index contributed by atoms with van der Waals surface area (Å²) in [7, 11) is 0. The lowest BCUT2D eigenvalue weighted by molar-refractivity contribution is -0.143. The second-order valence-electron chi connectivity index (χ2n) is 5.07. The van der Waals surface area contributed by atoms with E-state index in [1.165, 1.54) is 6.08 Å². The number of amides is 1. The van der Waals surface area contributed by atoms with Crippen molar-refractivity contribution >= 4 is 17.7 Å². The third kappa shape index (κ3) is 5.13. The van der Waals surface area contributed by atoms with Crippen LogP contribution in [0, 0.1) is 6.92 Å². The molecule has 0 spiro atoms. The molecule has 9 heteroatoms. The number of alkyl halides is 6. The number of aryl methyl sites for hydroxylation is 1. The number of furan rings is 1. The van der Waals surface area contributed by atoms with Crippen molar-refractivity contribution in [3.05, 3.63) is 59.1 Å². The summed E-state index contributed by atoms with van der Waals surface area (Å²) in [5.41, 5.74) is -3.64. The van der Waals surface area contributed by atoms with Gasteiger partial charge < -0.3 is 9.73 Å². The van der Waals surface area contributed by atoms with Gasteiger partial charge in [-0.1, -0.05) is 0 Å².